The van der Waals surface area contributed by atoms with Gasteiger partial charge in [-0.05, 0) is 55.2 Å². The van der Waals surface area contributed by atoms with Crippen molar-refractivity contribution in [3.8, 4) is 11.5 Å². The van der Waals surface area contributed by atoms with Crippen LogP contribution in [-0.4, -0.2) is 12.4 Å². The Bertz CT molecular complexity index is 859. The van der Waals surface area contributed by atoms with Crippen LogP contribution < -0.4 is 9.47 Å². The molecular weight excluding hydrogens is 300 g/mol. The highest BCUT2D eigenvalue weighted by Crippen LogP contribution is 2.37. The van der Waals surface area contributed by atoms with Gasteiger partial charge in [0.05, 0.1) is 5.56 Å². The Morgan fingerprint density at radius 3 is 2.67 bits per heavy atom. The number of carbonyl (C=O) groups is 1. The van der Waals surface area contributed by atoms with Gasteiger partial charge in [-0.3, -0.25) is 4.79 Å². The SMILES string of the molecule is C=C(C)COc1cc(C)c2c(c1)O/C(=C\c1ccccc1C)C2=O. The Kier molecular flexibility index (Phi) is 4.26. The Balaban J connectivity index is 1.94. The second kappa shape index (κ2) is 6.36. The molecule has 0 spiro atoms. The van der Waals surface area contributed by atoms with E-state index in [4.69, 9.17) is 9.47 Å². The van der Waals surface area contributed by atoms with Crippen LogP contribution in [-0.2, 0) is 0 Å². The number of hydrogen-bond acceptors (Lipinski definition) is 3. The van der Waals surface area contributed by atoms with E-state index in [-0.39, 0.29) is 5.78 Å². The topological polar surface area (TPSA) is 35.5 Å². The van der Waals surface area contributed by atoms with Gasteiger partial charge in [0, 0.05) is 6.07 Å². The molecule has 3 nitrogen and oxygen atoms in total. The zero-order chi connectivity index (χ0) is 17.3. The van der Waals surface area contributed by atoms with Crippen molar-refractivity contribution in [2.75, 3.05) is 6.61 Å². The van der Waals surface area contributed by atoms with E-state index in [9.17, 15) is 4.79 Å². The van der Waals surface area contributed by atoms with Gasteiger partial charge in [-0.25, -0.2) is 0 Å². The molecule has 0 saturated heterocycles. The average molecular weight is 320 g/mol. The van der Waals surface area contributed by atoms with Crippen LogP contribution in [0.4, 0.5) is 0 Å². The van der Waals surface area contributed by atoms with Crippen LogP contribution >= 0.6 is 0 Å². The minimum absolute atomic E-state index is 0.0859. The van der Waals surface area contributed by atoms with Crippen molar-refractivity contribution in [1.29, 1.82) is 0 Å². The molecule has 0 aliphatic carbocycles. The highest BCUT2D eigenvalue weighted by atomic mass is 16.5. The lowest BCUT2D eigenvalue weighted by Crippen LogP contribution is -2.01. The molecule has 0 unspecified atom stereocenters. The van der Waals surface area contributed by atoms with Gasteiger partial charge in [-0.15, -0.1) is 0 Å². The van der Waals surface area contributed by atoms with Crippen LogP contribution in [0.25, 0.3) is 6.08 Å². The zero-order valence-corrected chi connectivity index (χ0v) is 14.2. The second-order valence-electron chi connectivity index (χ2n) is 6.16. The average Bonchev–Trinajstić information content (AvgIpc) is 2.84. The smallest absolute Gasteiger partial charge is 0.232 e. The number of hydrogen-bond donors (Lipinski definition) is 0. The monoisotopic (exact) mass is 320 g/mol. The zero-order valence-electron chi connectivity index (χ0n) is 14.2. The van der Waals surface area contributed by atoms with Crippen LogP contribution in [0, 0.1) is 13.8 Å². The van der Waals surface area contributed by atoms with Gasteiger partial charge in [-0.2, -0.15) is 0 Å². The van der Waals surface area contributed by atoms with E-state index >= 15 is 0 Å². The maximum absolute atomic E-state index is 12.7. The molecule has 1 aliphatic rings. The first-order valence-corrected chi connectivity index (χ1v) is 7.87. The lowest BCUT2D eigenvalue weighted by molar-refractivity contribution is 0.101. The van der Waals surface area contributed by atoms with Crippen molar-refractivity contribution in [2.45, 2.75) is 20.8 Å². The van der Waals surface area contributed by atoms with Crippen molar-refractivity contribution >= 4 is 11.9 Å². The van der Waals surface area contributed by atoms with E-state index in [1.165, 1.54) is 0 Å². The number of allylic oxidation sites excluding steroid dienone is 1. The quantitative estimate of drug-likeness (QED) is 0.595. The normalized spacial score (nSPS) is 14.5. The number of ether oxygens (including phenoxy) is 2. The van der Waals surface area contributed by atoms with Crippen molar-refractivity contribution in [3.05, 3.63) is 76.6 Å². The predicted octanol–water partition coefficient (Wildman–Crippen LogP) is 4.87. The summed E-state index contributed by atoms with van der Waals surface area (Å²) in [5.74, 6) is 1.49. The van der Waals surface area contributed by atoms with Crippen molar-refractivity contribution in [2.24, 2.45) is 0 Å². The van der Waals surface area contributed by atoms with E-state index < -0.39 is 0 Å². The molecule has 24 heavy (non-hydrogen) atoms. The van der Waals surface area contributed by atoms with Crippen LogP contribution in [0.1, 0.15) is 34.0 Å². The molecule has 1 aliphatic heterocycles. The van der Waals surface area contributed by atoms with Crippen LogP contribution in [0.15, 0.2) is 54.3 Å². The molecule has 0 aromatic heterocycles. The van der Waals surface area contributed by atoms with Crippen LogP contribution in [0.2, 0.25) is 0 Å². The van der Waals surface area contributed by atoms with E-state index in [2.05, 4.69) is 6.58 Å². The Morgan fingerprint density at radius 2 is 1.96 bits per heavy atom. The van der Waals surface area contributed by atoms with Crippen molar-refractivity contribution in [3.63, 3.8) is 0 Å². The molecule has 0 radical (unpaired) electrons. The lowest BCUT2D eigenvalue weighted by atomic mass is 10.0. The van der Waals surface area contributed by atoms with Gasteiger partial charge >= 0.3 is 0 Å². The molecule has 2 aromatic carbocycles. The van der Waals surface area contributed by atoms with E-state index in [1.807, 2.05) is 51.1 Å². The number of aryl methyl sites for hydroxylation is 2. The number of carbonyl (C=O) groups excluding carboxylic acids is 1. The van der Waals surface area contributed by atoms with Crippen molar-refractivity contribution in [1.82, 2.24) is 0 Å². The summed E-state index contributed by atoms with van der Waals surface area (Å²) in [6.07, 6.45) is 1.80. The molecule has 0 saturated carbocycles. The molecule has 3 heteroatoms. The maximum atomic E-state index is 12.7. The summed E-state index contributed by atoms with van der Waals surface area (Å²) in [6, 6.07) is 11.5. The van der Waals surface area contributed by atoms with Crippen molar-refractivity contribution < 1.29 is 14.3 Å². The second-order valence-corrected chi connectivity index (χ2v) is 6.16. The number of benzene rings is 2. The summed E-state index contributed by atoms with van der Waals surface area (Å²) in [4.78, 5) is 12.7. The third-order valence-electron chi connectivity index (χ3n) is 3.90. The van der Waals surface area contributed by atoms with Gasteiger partial charge in [-0.1, -0.05) is 30.8 Å². The molecule has 0 N–H and O–H groups in total. The molecule has 0 bridgehead atoms. The molecule has 0 atom stereocenters. The fourth-order valence-corrected chi connectivity index (χ4v) is 2.66. The first-order chi connectivity index (χ1) is 11.5. The van der Waals surface area contributed by atoms with Gasteiger partial charge in [0.2, 0.25) is 5.78 Å². The van der Waals surface area contributed by atoms with Gasteiger partial charge < -0.3 is 9.47 Å². The summed E-state index contributed by atoms with van der Waals surface area (Å²) in [6.45, 7) is 10.1. The summed E-state index contributed by atoms with van der Waals surface area (Å²) in [7, 11) is 0. The summed E-state index contributed by atoms with van der Waals surface area (Å²) in [5.41, 5.74) is 4.47. The molecule has 3 rings (SSSR count). The molecule has 2 aromatic rings. The predicted molar refractivity (Wildman–Crippen MR) is 95.6 cm³/mol. The summed E-state index contributed by atoms with van der Waals surface area (Å²) in [5, 5.41) is 0. The van der Waals surface area contributed by atoms with Gasteiger partial charge in [0.25, 0.3) is 0 Å². The first kappa shape index (κ1) is 16.1. The maximum Gasteiger partial charge on any atom is 0.232 e. The van der Waals surface area contributed by atoms with E-state index in [1.54, 1.807) is 12.1 Å². The van der Waals surface area contributed by atoms with Gasteiger partial charge in [0.1, 0.15) is 18.1 Å². The Hall–Kier alpha value is -2.81. The fraction of sp³-hybridized carbons (Fsp3) is 0.190. The summed E-state index contributed by atoms with van der Waals surface area (Å²) >= 11 is 0. The fourth-order valence-electron chi connectivity index (χ4n) is 2.66. The first-order valence-electron chi connectivity index (χ1n) is 7.87. The largest absolute Gasteiger partial charge is 0.489 e. The van der Waals surface area contributed by atoms with Crippen LogP contribution in [0.5, 0.6) is 11.5 Å². The lowest BCUT2D eigenvalue weighted by Gasteiger charge is -2.08. The third-order valence-corrected chi connectivity index (χ3v) is 3.90. The number of Topliss-reactive ketones (excluding diaryl/α,β-unsaturated/α-hetero) is 1. The minimum Gasteiger partial charge on any atom is -0.489 e. The standard InChI is InChI=1S/C21H20O3/c1-13(2)12-23-17-9-15(4)20-18(11-17)24-19(21(20)22)10-16-8-6-5-7-14(16)3/h5-11H,1,12H2,2-4H3/b19-10-. The summed E-state index contributed by atoms with van der Waals surface area (Å²) < 4.78 is 11.5. The highest BCUT2D eigenvalue weighted by molar-refractivity contribution is 6.15. The van der Waals surface area contributed by atoms with E-state index in [0.29, 0.717) is 29.4 Å². The Labute approximate surface area is 142 Å². The Morgan fingerprint density at radius 1 is 1.21 bits per heavy atom. The van der Waals surface area contributed by atoms with Crippen LogP contribution in [0.3, 0.4) is 0 Å². The third kappa shape index (κ3) is 3.11. The number of rotatable bonds is 4. The van der Waals surface area contributed by atoms with Gasteiger partial charge in [0.15, 0.2) is 5.76 Å². The minimum atomic E-state index is -0.0859. The van der Waals surface area contributed by atoms with E-state index in [0.717, 1.165) is 22.3 Å². The molecular formula is C21H20O3. The molecule has 0 fully saturated rings. The molecule has 1 heterocycles. The number of ketones is 1. The molecule has 122 valence electrons. The molecule has 0 amide bonds. The number of fused-ring (bicyclic) bond motifs is 1. The highest BCUT2D eigenvalue weighted by Gasteiger charge is 2.30.